The first-order valence-corrected chi connectivity index (χ1v) is 6.67. The van der Waals surface area contributed by atoms with Crippen LogP contribution in [-0.4, -0.2) is 48.6 Å². The van der Waals surface area contributed by atoms with Crippen LogP contribution in [0.1, 0.15) is 6.42 Å². The number of methoxy groups -OCH3 is 1. The third-order valence-corrected chi connectivity index (χ3v) is 3.25. The number of hydrogen-bond acceptors (Lipinski definition) is 4. The maximum Gasteiger partial charge on any atom is 0.332 e. The van der Waals surface area contributed by atoms with Gasteiger partial charge < -0.3 is 15.2 Å². The van der Waals surface area contributed by atoms with Crippen LogP contribution >= 0.6 is 0 Å². The highest BCUT2D eigenvalue weighted by Crippen LogP contribution is 2.23. The highest BCUT2D eigenvalue weighted by atomic mass is 16.5. The fourth-order valence-electron chi connectivity index (χ4n) is 2.24. The van der Waals surface area contributed by atoms with Gasteiger partial charge in [0, 0.05) is 18.7 Å². The molecule has 6 nitrogen and oxygen atoms in total. The number of amides is 1. The summed E-state index contributed by atoms with van der Waals surface area (Å²) < 4.78 is 5.17. The summed E-state index contributed by atoms with van der Waals surface area (Å²) in [7, 11) is 1.54. The third kappa shape index (κ3) is 4.06. The van der Waals surface area contributed by atoms with E-state index in [0.717, 1.165) is 0 Å². The smallest absolute Gasteiger partial charge is 0.332 e. The second kappa shape index (κ2) is 6.90. The first-order chi connectivity index (χ1) is 10.1. The van der Waals surface area contributed by atoms with Gasteiger partial charge in [-0.15, -0.1) is 0 Å². The molecule has 0 aliphatic carbocycles. The number of carbonyl (C=O) groups excluding carboxylic acids is 1. The molecule has 0 radical (unpaired) electrons. The van der Waals surface area contributed by atoms with E-state index in [1.807, 2.05) is 17.0 Å². The van der Waals surface area contributed by atoms with Crippen molar-refractivity contribution in [3.05, 3.63) is 35.9 Å². The molecular formula is C15H18N2O4. The van der Waals surface area contributed by atoms with Crippen LogP contribution in [0.2, 0.25) is 0 Å². The molecule has 1 aliphatic heterocycles. The molecule has 1 heterocycles. The number of nitrogens with zero attached hydrogens (tertiary/aromatic N) is 1. The van der Waals surface area contributed by atoms with Crippen LogP contribution < -0.4 is 10.1 Å². The van der Waals surface area contributed by atoms with Crippen LogP contribution in [0, 0.1) is 0 Å². The highest BCUT2D eigenvalue weighted by Gasteiger charge is 2.19. The number of ether oxygens (including phenoxy) is 1. The van der Waals surface area contributed by atoms with Gasteiger partial charge in [-0.3, -0.25) is 9.69 Å². The molecule has 2 N–H and O–H groups in total. The number of para-hydroxylation sites is 2. The van der Waals surface area contributed by atoms with E-state index in [1.165, 1.54) is 0 Å². The topological polar surface area (TPSA) is 78.9 Å². The molecule has 1 aliphatic rings. The molecule has 0 spiro atoms. The van der Waals surface area contributed by atoms with Gasteiger partial charge in [-0.05, 0) is 18.6 Å². The van der Waals surface area contributed by atoms with Crippen molar-refractivity contribution in [3.8, 4) is 5.75 Å². The van der Waals surface area contributed by atoms with Crippen LogP contribution in [0.5, 0.6) is 5.75 Å². The van der Waals surface area contributed by atoms with E-state index in [-0.39, 0.29) is 19.0 Å². The Hall–Kier alpha value is -2.34. The molecule has 112 valence electrons. The van der Waals surface area contributed by atoms with Gasteiger partial charge in [-0.25, -0.2) is 4.79 Å². The molecule has 21 heavy (non-hydrogen) atoms. The number of hydrogen-bond donors (Lipinski definition) is 2. The van der Waals surface area contributed by atoms with Gasteiger partial charge in [0.1, 0.15) is 5.75 Å². The lowest BCUT2D eigenvalue weighted by Crippen LogP contribution is -2.38. The quantitative estimate of drug-likeness (QED) is 0.856. The van der Waals surface area contributed by atoms with Crippen molar-refractivity contribution in [1.82, 2.24) is 4.90 Å². The zero-order chi connectivity index (χ0) is 15.2. The summed E-state index contributed by atoms with van der Waals surface area (Å²) in [6.07, 6.45) is 2.35. The molecule has 1 aromatic rings. The highest BCUT2D eigenvalue weighted by molar-refractivity contribution is 5.94. The Bertz CT molecular complexity index is 569. The minimum Gasteiger partial charge on any atom is -0.495 e. The molecule has 0 atom stereocenters. The molecule has 6 heteroatoms. The van der Waals surface area contributed by atoms with Crippen molar-refractivity contribution in [2.45, 2.75) is 6.42 Å². The van der Waals surface area contributed by atoms with E-state index in [4.69, 9.17) is 9.84 Å². The first kappa shape index (κ1) is 15.1. The SMILES string of the molecule is COc1ccccc1NC(=O)CN1CCC=C(C(=O)O)C1. The molecule has 0 unspecified atom stereocenters. The number of benzene rings is 1. The number of anilines is 1. The minimum absolute atomic E-state index is 0.155. The molecule has 0 bridgehead atoms. The summed E-state index contributed by atoms with van der Waals surface area (Å²) in [5.74, 6) is -0.522. The van der Waals surface area contributed by atoms with Crippen molar-refractivity contribution in [2.75, 3.05) is 32.1 Å². The van der Waals surface area contributed by atoms with Crippen molar-refractivity contribution < 1.29 is 19.4 Å². The Morgan fingerprint density at radius 1 is 1.38 bits per heavy atom. The van der Waals surface area contributed by atoms with Crippen LogP contribution in [0.15, 0.2) is 35.9 Å². The number of aliphatic carboxylic acids is 1. The Labute approximate surface area is 123 Å². The van der Waals surface area contributed by atoms with Gasteiger partial charge in [0.15, 0.2) is 0 Å². The van der Waals surface area contributed by atoms with Gasteiger partial charge >= 0.3 is 5.97 Å². The van der Waals surface area contributed by atoms with E-state index < -0.39 is 5.97 Å². The molecule has 0 aromatic heterocycles. The van der Waals surface area contributed by atoms with Crippen molar-refractivity contribution in [2.24, 2.45) is 0 Å². The van der Waals surface area contributed by atoms with E-state index in [2.05, 4.69) is 5.32 Å². The molecule has 0 saturated heterocycles. The van der Waals surface area contributed by atoms with Crippen molar-refractivity contribution >= 4 is 17.6 Å². The zero-order valence-electron chi connectivity index (χ0n) is 11.8. The maximum absolute atomic E-state index is 12.1. The molecule has 1 aromatic carbocycles. The van der Waals surface area contributed by atoms with E-state index in [9.17, 15) is 9.59 Å². The number of carboxylic acids is 1. The average molecular weight is 290 g/mol. The van der Waals surface area contributed by atoms with Gasteiger partial charge in [0.2, 0.25) is 5.91 Å². The first-order valence-electron chi connectivity index (χ1n) is 6.67. The molecule has 2 rings (SSSR count). The normalized spacial score (nSPS) is 15.2. The Kier molecular flexibility index (Phi) is 4.94. The summed E-state index contributed by atoms with van der Waals surface area (Å²) >= 11 is 0. The van der Waals surface area contributed by atoms with Gasteiger partial charge in [-0.1, -0.05) is 18.2 Å². The fraction of sp³-hybridized carbons (Fsp3) is 0.333. The average Bonchev–Trinajstić information content (AvgIpc) is 2.48. The largest absolute Gasteiger partial charge is 0.495 e. The summed E-state index contributed by atoms with van der Waals surface area (Å²) in [6.45, 7) is 1.12. The van der Waals surface area contributed by atoms with E-state index >= 15 is 0 Å². The lowest BCUT2D eigenvalue weighted by molar-refractivity contribution is -0.133. The fourth-order valence-corrected chi connectivity index (χ4v) is 2.24. The van der Waals surface area contributed by atoms with Crippen LogP contribution in [0.3, 0.4) is 0 Å². The van der Waals surface area contributed by atoms with Crippen molar-refractivity contribution in [3.63, 3.8) is 0 Å². The predicted molar refractivity (Wildman–Crippen MR) is 78.4 cm³/mol. The zero-order valence-corrected chi connectivity index (χ0v) is 11.8. The van der Waals surface area contributed by atoms with Gasteiger partial charge in [0.05, 0.1) is 19.3 Å². The second-order valence-corrected chi connectivity index (χ2v) is 4.78. The van der Waals surface area contributed by atoms with E-state index in [0.29, 0.717) is 30.0 Å². The Morgan fingerprint density at radius 2 is 2.14 bits per heavy atom. The Balaban J connectivity index is 1.93. The molecule has 0 fully saturated rings. The van der Waals surface area contributed by atoms with E-state index in [1.54, 1.807) is 25.3 Å². The van der Waals surface area contributed by atoms with Crippen LogP contribution in [-0.2, 0) is 9.59 Å². The number of rotatable bonds is 5. The van der Waals surface area contributed by atoms with Gasteiger partial charge in [0.25, 0.3) is 0 Å². The lowest BCUT2D eigenvalue weighted by atomic mass is 10.1. The summed E-state index contributed by atoms with van der Waals surface area (Å²) in [5, 5.41) is 11.8. The minimum atomic E-state index is -0.926. The van der Waals surface area contributed by atoms with Gasteiger partial charge in [-0.2, -0.15) is 0 Å². The molecular weight excluding hydrogens is 272 g/mol. The number of carboxylic acid groups (broad SMARTS) is 1. The third-order valence-electron chi connectivity index (χ3n) is 3.25. The van der Waals surface area contributed by atoms with Crippen LogP contribution in [0.4, 0.5) is 5.69 Å². The Morgan fingerprint density at radius 3 is 2.86 bits per heavy atom. The summed E-state index contributed by atoms with van der Waals surface area (Å²) in [5.41, 5.74) is 0.947. The number of carbonyl (C=O) groups is 2. The second-order valence-electron chi connectivity index (χ2n) is 4.78. The summed E-state index contributed by atoms with van der Waals surface area (Å²) in [4.78, 5) is 24.8. The van der Waals surface area contributed by atoms with Crippen LogP contribution in [0.25, 0.3) is 0 Å². The standard InChI is InChI=1S/C15H18N2O4/c1-21-13-7-3-2-6-12(13)16-14(18)10-17-8-4-5-11(9-17)15(19)20/h2-3,5-7H,4,8-10H2,1H3,(H,16,18)(H,19,20). The monoisotopic (exact) mass is 290 g/mol. The van der Waals surface area contributed by atoms with Crippen molar-refractivity contribution in [1.29, 1.82) is 0 Å². The predicted octanol–water partition coefficient (Wildman–Crippen LogP) is 1.35. The maximum atomic E-state index is 12.1. The molecule has 1 amide bonds. The molecule has 0 saturated carbocycles. The number of nitrogens with one attached hydrogen (secondary N) is 1. The lowest BCUT2D eigenvalue weighted by Gasteiger charge is -2.25. The summed E-state index contributed by atoms with van der Waals surface area (Å²) in [6, 6.07) is 7.16.